The average Bonchev–Trinajstić information content (AvgIpc) is 2.54. The molecule has 1 amide bonds. The maximum atomic E-state index is 12.2. The first-order valence-electron chi connectivity index (χ1n) is 7.90. The Hall–Kier alpha value is -1.55. The van der Waals surface area contributed by atoms with E-state index in [0.29, 0.717) is 30.4 Å². The van der Waals surface area contributed by atoms with Crippen LogP contribution in [0, 0.1) is 5.92 Å². The van der Waals surface area contributed by atoms with Gasteiger partial charge >= 0.3 is 0 Å². The van der Waals surface area contributed by atoms with Crippen LogP contribution in [0.1, 0.15) is 49.4 Å². The number of hydrogen-bond donors (Lipinski definition) is 2. The lowest BCUT2D eigenvalue weighted by atomic mass is 9.85. The molecule has 1 unspecified atom stereocenters. The van der Waals surface area contributed by atoms with Gasteiger partial charge in [-0.2, -0.15) is 0 Å². The standard InChI is InChI=1S/C17H25NO3/c1-2-21-16-11-7-6-10-14(16)17(20)18-12-15(19)13-8-4-3-5-9-13/h6-7,10-11,13,15,19H,2-5,8-9,12H2,1H3,(H,18,20). The highest BCUT2D eigenvalue weighted by molar-refractivity contribution is 5.96. The molecule has 116 valence electrons. The van der Waals surface area contributed by atoms with Crippen LogP contribution in [0.15, 0.2) is 24.3 Å². The first kappa shape index (κ1) is 15.8. The first-order valence-corrected chi connectivity index (χ1v) is 7.90. The number of nitrogens with one attached hydrogen (secondary N) is 1. The van der Waals surface area contributed by atoms with Gasteiger partial charge in [0.25, 0.3) is 5.91 Å². The number of carbonyl (C=O) groups is 1. The van der Waals surface area contributed by atoms with E-state index in [-0.39, 0.29) is 5.91 Å². The van der Waals surface area contributed by atoms with Crippen LogP contribution in [0.3, 0.4) is 0 Å². The van der Waals surface area contributed by atoms with Crippen molar-refractivity contribution in [3.63, 3.8) is 0 Å². The molecule has 1 aromatic carbocycles. The molecule has 2 N–H and O–H groups in total. The molecule has 1 fully saturated rings. The highest BCUT2D eigenvalue weighted by atomic mass is 16.5. The number of amides is 1. The van der Waals surface area contributed by atoms with E-state index in [1.807, 2.05) is 19.1 Å². The lowest BCUT2D eigenvalue weighted by Gasteiger charge is -2.26. The van der Waals surface area contributed by atoms with Gasteiger partial charge in [0, 0.05) is 6.54 Å². The second kappa shape index (κ2) is 8.03. The van der Waals surface area contributed by atoms with Crippen LogP contribution in [0.4, 0.5) is 0 Å². The Balaban J connectivity index is 1.89. The Bertz CT molecular complexity index is 455. The summed E-state index contributed by atoms with van der Waals surface area (Å²) in [5.41, 5.74) is 0.523. The van der Waals surface area contributed by atoms with Crippen molar-refractivity contribution in [3.8, 4) is 5.75 Å². The van der Waals surface area contributed by atoms with Gasteiger partial charge in [-0.1, -0.05) is 31.4 Å². The van der Waals surface area contributed by atoms with Crippen molar-refractivity contribution in [1.29, 1.82) is 0 Å². The van der Waals surface area contributed by atoms with Gasteiger partial charge in [-0.15, -0.1) is 0 Å². The maximum absolute atomic E-state index is 12.2. The van der Waals surface area contributed by atoms with E-state index < -0.39 is 6.10 Å². The van der Waals surface area contributed by atoms with Crippen LogP contribution in [-0.2, 0) is 0 Å². The molecule has 0 radical (unpaired) electrons. The van der Waals surface area contributed by atoms with Gasteiger partial charge in [-0.05, 0) is 37.8 Å². The number of aliphatic hydroxyl groups excluding tert-OH is 1. The number of hydrogen-bond acceptors (Lipinski definition) is 3. The van der Waals surface area contributed by atoms with Crippen LogP contribution in [-0.4, -0.2) is 30.3 Å². The highest BCUT2D eigenvalue weighted by Gasteiger charge is 2.22. The van der Waals surface area contributed by atoms with Crippen LogP contribution in [0.5, 0.6) is 5.75 Å². The minimum absolute atomic E-state index is 0.186. The number of para-hydroxylation sites is 1. The quantitative estimate of drug-likeness (QED) is 0.847. The molecule has 1 aliphatic rings. The molecular formula is C17H25NO3. The zero-order chi connectivity index (χ0) is 15.1. The summed E-state index contributed by atoms with van der Waals surface area (Å²) in [6, 6.07) is 7.19. The molecule has 4 heteroatoms. The average molecular weight is 291 g/mol. The molecule has 1 saturated carbocycles. The predicted octanol–water partition coefficient (Wildman–Crippen LogP) is 2.76. The summed E-state index contributed by atoms with van der Waals surface area (Å²) in [7, 11) is 0. The monoisotopic (exact) mass is 291 g/mol. The molecule has 0 bridgehead atoms. The van der Waals surface area contributed by atoms with Gasteiger partial charge in [0.2, 0.25) is 0 Å². The van der Waals surface area contributed by atoms with Gasteiger partial charge < -0.3 is 15.2 Å². The third-order valence-corrected chi connectivity index (χ3v) is 4.10. The number of benzene rings is 1. The molecular weight excluding hydrogens is 266 g/mol. The largest absolute Gasteiger partial charge is 0.493 e. The summed E-state index contributed by atoms with van der Waals surface area (Å²) in [6.45, 7) is 2.72. The highest BCUT2D eigenvalue weighted by Crippen LogP contribution is 2.26. The smallest absolute Gasteiger partial charge is 0.255 e. The van der Waals surface area contributed by atoms with E-state index in [0.717, 1.165) is 12.8 Å². The van der Waals surface area contributed by atoms with Crippen molar-refractivity contribution in [3.05, 3.63) is 29.8 Å². The molecule has 1 aliphatic carbocycles. The molecule has 0 spiro atoms. The van der Waals surface area contributed by atoms with E-state index in [1.54, 1.807) is 12.1 Å². The molecule has 2 rings (SSSR count). The summed E-state index contributed by atoms with van der Waals surface area (Å²) in [6.07, 6.45) is 5.30. The van der Waals surface area contributed by atoms with Gasteiger partial charge in [0.1, 0.15) is 5.75 Å². The van der Waals surface area contributed by atoms with Crippen LogP contribution >= 0.6 is 0 Å². The summed E-state index contributed by atoms with van der Waals surface area (Å²) >= 11 is 0. The summed E-state index contributed by atoms with van der Waals surface area (Å²) in [5.74, 6) is 0.722. The molecule has 1 aromatic rings. The van der Waals surface area contributed by atoms with Crippen molar-refractivity contribution in [1.82, 2.24) is 5.32 Å². The summed E-state index contributed by atoms with van der Waals surface area (Å²) in [4.78, 5) is 12.2. The Morgan fingerprint density at radius 3 is 2.76 bits per heavy atom. The van der Waals surface area contributed by atoms with Gasteiger partial charge in [-0.25, -0.2) is 0 Å². The van der Waals surface area contributed by atoms with Crippen molar-refractivity contribution >= 4 is 5.91 Å². The fourth-order valence-corrected chi connectivity index (χ4v) is 2.91. The second-order valence-electron chi connectivity index (χ2n) is 5.60. The molecule has 4 nitrogen and oxygen atoms in total. The van der Waals surface area contributed by atoms with Crippen LogP contribution < -0.4 is 10.1 Å². The third-order valence-electron chi connectivity index (χ3n) is 4.10. The SMILES string of the molecule is CCOc1ccccc1C(=O)NCC(O)C1CCCCC1. The van der Waals surface area contributed by atoms with Crippen molar-refractivity contribution < 1.29 is 14.6 Å². The zero-order valence-corrected chi connectivity index (χ0v) is 12.7. The van der Waals surface area contributed by atoms with Gasteiger partial charge in [-0.3, -0.25) is 4.79 Å². The summed E-state index contributed by atoms with van der Waals surface area (Å²) < 4.78 is 5.46. The first-order chi connectivity index (χ1) is 10.2. The molecule has 1 atom stereocenters. The minimum atomic E-state index is -0.450. The van der Waals surface area contributed by atoms with Crippen LogP contribution in [0.25, 0.3) is 0 Å². The number of ether oxygens (including phenoxy) is 1. The molecule has 0 aliphatic heterocycles. The lowest BCUT2D eigenvalue weighted by Crippen LogP contribution is -2.37. The topological polar surface area (TPSA) is 58.6 Å². The van der Waals surface area contributed by atoms with E-state index in [1.165, 1.54) is 19.3 Å². The van der Waals surface area contributed by atoms with Crippen LogP contribution in [0.2, 0.25) is 0 Å². The predicted molar refractivity (Wildman–Crippen MR) is 82.5 cm³/mol. The molecule has 0 heterocycles. The van der Waals surface area contributed by atoms with Gasteiger partial charge in [0.15, 0.2) is 0 Å². The zero-order valence-electron chi connectivity index (χ0n) is 12.7. The van der Waals surface area contributed by atoms with E-state index in [4.69, 9.17) is 4.74 Å². The lowest BCUT2D eigenvalue weighted by molar-refractivity contribution is 0.0736. The van der Waals surface area contributed by atoms with E-state index in [2.05, 4.69) is 5.32 Å². The van der Waals surface area contributed by atoms with Gasteiger partial charge in [0.05, 0.1) is 18.3 Å². The minimum Gasteiger partial charge on any atom is -0.493 e. The summed E-state index contributed by atoms with van der Waals surface area (Å²) in [5, 5.41) is 13.0. The van der Waals surface area contributed by atoms with E-state index >= 15 is 0 Å². The molecule has 0 saturated heterocycles. The Labute approximate surface area is 126 Å². The molecule has 21 heavy (non-hydrogen) atoms. The Kier molecular flexibility index (Phi) is 6.05. The fraction of sp³-hybridized carbons (Fsp3) is 0.588. The maximum Gasteiger partial charge on any atom is 0.255 e. The Morgan fingerprint density at radius 1 is 1.33 bits per heavy atom. The van der Waals surface area contributed by atoms with Crippen molar-refractivity contribution in [2.75, 3.05) is 13.2 Å². The number of aliphatic hydroxyl groups is 1. The third kappa shape index (κ3) is 4.46. The fourth-order valence-electron chi connectivity index (χ4n) is 2.91. The Morgan fingerprint density at radius 2 is 2.05 bits per heavy atom. The number of rotatable bonds is 6. The van der Waals surface area contributed by atoms with Crippen molar-refractivity contribution in [2.24, 2.45) is 5.92 Å². The second-order valence-corrected chi connectivity index (χ2v) is 5.60. The van der Waals surface area contributed by atoms with Crippen molar-refractivity contribution in [2.45, 2.75) is 45.1 Å². The normalized spacial score (nSPS) is 17.2. The molecule has 0 aromatic heterocycles. The van der Waals surface area contributed by atoms with E-state index in [9.17, 15) is 9.90 Å². The number of carbonyl (C=O) groups excluding carboxylic acids is 1.